The summed E-state index contributed by atoms with van der Waals surface area (Å²) in [7, 11) is 0. The number of nitrogens with zero attached hydrogens (tertiary/aromatic N) is 1. The molecule has 0 aliphatic carbocycles. The van der Waals surface area contributed by atoms with Crippen molar-refractivity contribution in [2.75, 3.05) is 0 Å². The Morgan fingerprint density at radius 3 is 2.48 bits per heavy atom. The molecule has 1 N–H and O–H groups in total. The number of H-pyrrole nitrogens is 1. The van der Waals surface area contributed by atoms with Crippen LogP contribution in [0.4, 0.5) is 0 Å². The number of aryl methyl sites for hydroxylation is 1. The maximum atomic E-state index is 5.73. The zero-order valence-corrected chi connectivity index (χ0v) is 14.9. The Labute approximate surface area is 150 Å². The van der Waals surface area contributed by atoms with E-state index in [4.69, 9.17) is 4.74 Å². The summed E-state index contributed by atoms with van der Waals surface area (Å²) >= 11 is 0. The maximum Gasteiger partial charge on any atom is 0.146 e. The van der Waals surface area contributed by atoms with Gasteiger partial charge in [0, 0.05) is 0 Å². The second-order valence-corrected chi connectivity index (χ2v) is 6.35. The minimum Gasteiger partial charge on any atom is -0.486 e. The van der Waals surface area contributed by atoms with Gasteiger partial charge in [0.15, 0.2) is 0 Å². The number of rotatable bonds is 9. The van der Waals surface area contributed by atoms with Crippen LogP contribution in [-0.2, 0) is 13.0 Å². The molecule has 130 valence electrons. The van der Waals surface area contributed by atoms with Crippen LogP contribution >= 0.6 is 0 Å². The Morgan fingerprint density at radius 2 is 1.72 bits per heavy atom. The van der Waals surface area contributed by atoms with Crippen molar-refractivity contribution in [1.29, 1.82) is 0 Å². The summed E-state index contributed by atoms with van der Waals surface area (Å²) in [5.41, 5.74) is 3.60. The van der Waals surface area contributed by atoms with Gasteiger partial charge in [-0.15, -0.1) is 0 Å². The van der Waals surface area contributed by atoms with E-state index in [1.807, 2.05) is 36.5 Å². The summed E-state index contributed by atoms with van der Waals surface area (Å²) in [6.45, 7) is 2.69. The lowest BCUT2D eigenvalue weighted by Crippen LogP contribution is -1.97. The average molecular weight is 334 g/mol. The van der Waals surface area contributed by atoms with Crippen LogP contribution in [0.1, 0.15) is 44.0 Å². The standard InChI is InChI=1S/C22H26N2O/c1-2-3-4-6-9-18-12-14-19(15-13-18)21-16-23-22(24-21)17-25-20-10-7-5-8-11-20/h5,7-8,10-16H,2-4,6,9,17H2,1H3,(H,23,24). The van der Waals surface area contributed by atoms with E-state index in [1.54, 1.807) is 0 Å². The minimum absolute atomic E-state index is 0.444. The van der Waals surface area contributed by atoms with Crippen LogP contribution in [-0.4, -0.2) is 9.97 Å². The number of para-hydroxylation sites is 1. The van der Waals surface area contributed by atoms with Crippen molar-refractivity contribution in [3.05, 3.63) is 72.2 Å². The first-order chi connectivity index (χ1) is 12.3. The lowest BCUT2D eigenvalue weighted by Gasteiger charge is -2.04. The van der Waals surface area contributed by atoms with Gasteiger partial charge in [-0.1, -0.05) is 68.7 Å². The maximum absolute atomic E-state index is 5.73. The highest BCUT2D eigenvalue weighted by Gasteiger charge is 2.04. The SMILES string of the molecule is CCCCCCc1ccc(-c2cnc(COc3ccccc3)[nH]2)cc1. The number of aromatic amines is 1. The Hall–Kier alpha value is -2.55. The fraction of sp³-hybridized carbons (Fsp3) is 0.318. The van der Waals surface area contributed by atoms with E-state index in [0.717, 1.165) is 22.8 Å². The van der Waals surface area contributed by atoms with Crippen LogP contribution in [0, 0.1) is 0 Å². The summed E-state index contributed by atoms with van der Waals surface area (Å²) in [5, 5.41) is 0. The van der Waals surface area contributed by atoms with Crippen molar-refractivity contribution in [3.8, 4) is 17.0 Å². The average Bonchev–Trinajstić information content (AvgIpc) is 3.14. The molecule has 0 bridgehead atoms. The van der Waals surface area contributed by atoms with E-state index in [9.17, 15) is 0 Å². The highest BCUT2D eigenvalue weighted by atomic mass is 16.5. The van der Waals surface area contributed by atoms with Gasteiger partial charge in [-0.2, -0.15) is 0 Å². The van der Waals surface area contributed by atoms with Crippen LogP contribution in [0.25, 0.3) is 11.3 Å². The lowest BCUT2D eigenvalue weighted by molar-refractivity contribution is 0.297. The van der Waals surface area contributed by atoms with Crippen molar-refractivity contribution < 1.29 is 4.74 Å². The molecule has 0 atom stereocenters. The van der Waals surface area contributed by atoms with E-state index < -0.39 is 0 Å². The number of hydrogen-bond donors (Lipinski definition) is 1. The van der Waals surface area contributed by atoms with E-state index >= 15 is 0 Å². The molecule has 2 aromatic carbocycles. The normalized spacial score (nSPS) is 10.8. The predicted octanol–water partition coefficient (Wildman–Crippen LogP) is 5.78. The Balaban J connectivity index is 1.54. The number of unbranched alkanes of at least 4 members (excludes halogenated alkanes) is 3. The van der Waals surface area contributed by atoms with Gasteiger partial charge in [-0.05, 0) is 36.1 Å². The molecule has 0 spiro atoms. The van der Waals surface area contributed by atoms with Crippen LogP contribution in [0.5, 0.6) is 5.75 Å². The molecule has 25 heavy (non-hydrogen) atoms. The minimum atomic E-state index is 0.444. The molecule has 1 heterocycles. The van der Waals surface area contributed by atoms with Gasteiger partial charge in [0.1, 0.15) is 18.2 Å². The zero-order chi connectivity index (χ0) is 17.3. The number of benzene rings is 2. The van der Waals surface area contributed by atoms with Crippen LogP contribution in [0.3, 0.4) is 0 Å². The van der Waals surface area contributed by atoms with Crippen molar-refractivity contribution in [2.24, 2.45) is 0 Å². The number of imidazole rings is 1. The monoisotopic (exact) mass is 334 g/mol. The smallest absolute Gasteiger partial charge is 0.146 e. The van der Waals surface area contributed by atoms with Gasteiger partial charge in [0.2, 0.25) is 0 Å². The third-order valence-electron chi connectivity index (χ3n) is 4.33. The number of hydrogen-bond acceptors (Lipinski definition) is 2. The summed E-state index contributed by atoms with van der Waals surface area (Å²) in [5.74, 6) is 1.69. The van der Waals surface area contributed by atoms with Gasteiger partial charge in [-0.3, -0.25) is 0 Å². The lowest BCUT2D eigenvalue weighted by atomic mass is 10.0. The molecule has 0 aliphatic heterocycles. The second-order valence-electron chi connectivity index (χ2n) is 6.35. The van der Waals surface area contributed by atoms with Crippen molar-refractivity contribution in [1.82, 2.24) is 9.97 Å². The molecule has 0 amide bonds. The number of ether oxygens (including phenoxy) is 1. The van der Waals surface area contributed by atoms with Gasteiger partial charge in [0.25, 0.3) is 0 Å². The summed E-state index contributed by atoms with van der Waals surface area (Å²) in [6.07, 6.45) is 8.26. The highest BCUT2D eigenvalue weighted by Crippen LogP contribution is 2.19. The molecular weight excluding hydrogens is 308 g/mol. The molecular formula is C22H26N2O. The topological polar surface area (TPSA) is 37.9 Å². The second kappa shape index (κ2) is 9.07. The molecule has 0 fully saturated rings. The van der Waals surface area contributed by atoms with E-state index in [0.29, 0.717) is 6.61 Å². The van der Waals surface area contributed by atoms with Crippen LogP contribution < -0.4 is 4.74 Å². The molecule has 3 heteroatoms. The Kier molecular flexibility index (Phi) is 6.27. The fourth-order valence-electron chi connectivity index (χ4n) is 2.86. The van der Waals surface area contributed by atoms with Gasteiger partial charge >= 0.3 is 0 Å². The van der Waals surface area contributed by atoms with E-state index in [-0.39, 0.29) is 0 Å². The predicted molar refractivity (Wildman–Crippen MR) is 103 cm³/mol. The molecule has 0 saturated carbocycles. The number of aromatic nitrogens is 2. The van der Waals surface area contributed by atoms with Crippen molar-refractivity contribution in [2.45, 2.75) is 45.6 Å². The Bertz CT molecular complexity index is 747. The molecule has 0 unspecified atom stereocenters. The number of nitrogens with one attached hydrogen (secondary N) is 1. The van der Waals surface area contributed by atoms with E-state index in [2.05, 4.69) is 41.2 Å². The third-order valence-corrected chi connectivity index (χ3v) is 4.33. The summed E-state index contributed by atoms with van der Waals surface area (Å²) in [6, 6.07) is 18.6. The first-order valence-corrected chi connectivity index (χ1v) is 9.16. The Morgan fingerprint density at radius 1 is 0.920 bits per heavy atom. The highest BCUT2D eigenvalue weighted by molar-refractivity contribution is 5.58. The molecule has 1 aromatic heterocycles. The van der Waals surface area contributed by atoms with Crippen LogP contribution in [0.2, 0.25) is 0 Å². The van der Waals surface area contributed by atoms with E-state index in [1.165, 1.54) is 37.7 Å². The van der Waals surface area contributed by atoms with Crippen molar-refractivity contribution >= 4 is 0 Å². The molecule has 0 radical (unpaired) electrons. The first-order valence-electron chi connectivity index (χ1n) is 9.16. The molecule has 0 aliphatic rings. The molecule has 3 aromatic rings. The van der Waals surface area contributed by atoms with Gasteiger partial charge < -0.3 is 9.72 Å². The summed E-state index contributed by atoms with van der Waals surface area (Å²) in [4.78, 5) is 7.76. The quantitative estimate of drug-likeness (QED) is 0.504. The third kappa shape index (κ3) is 5.21. The van der Waals surface area contributed by atoms with Crippen LogP contribution in [0.15, 0.2) is 60.8 Å². The van der Waals surface area contributed by atoms with Crippen molar-refractivity contribution in [3.63, 3.8) is 0 Å². The summed E-state index contributed by atoms with van der Waals surface area (Å²) < 4.78 is 5.73. The first kappa shape index (κ1) is 17.3. The fourth-order valence-corrected chi connectivity index (χ4v) is 2.86. The van der Waals surface area contributed by atoms with Gasteiger partial charge in [0.05, 0.1) is 11.9 Å². The molecule has 0 saturated heterocycles. The largest absolute Gasteiger partial charge is 0.486 e. The zero-order valence-electron chi connectivity index (χ0n) is 14.9. The molecule has 3 nitrogen and oxygen atoms in total. The van der Waals surface area contributed by atoms with Gasteiger partial charge in [-0.25, -0.2) is 4.98 Å². The molecule has 3 rings (SSSR count).